The lowest BCUT2D eigenvalue weighted by Crippen LogP contribution is -2.33. The van der Waals surface area contributed by atoms with Crippen molar-refractivity contribution in [2.75, 3.05) is 7.11 Å². The van der Waals surface area contributed by atoms with Gasteiger partial charge in [0.1, 0.15) is 11.9 Å². The van der Waals surface area contributed by atoms with Crippen LogP contribution in [0.3, 0.4) is 0 Å². The van der Waals surface area contributed by atoms with Crippen LogP contribution in [-0.2, 0) is 6.54 Å². The first-order chi connectivity index (χ1) is 11.5. The number of methoxy groups -OCH3 is 1. The number of benzene rings is 1. The Hall–Kier alpha value is -2.67. The normalized spacial score (nSPS) is 12.7. The van der Waals surface area contributed by atoms with Gasteiger partial charge < -0.3 is 9.84 Å². The van der Waals surface area contributed by atoms with Crippen molar-refractivity contribution >= 4 is 5.65 Å². The maximum atomic E-state index is 12.9. The highest BCUT2D eigenvalue weighted by molar-refractivity contribution is 5.41. The van der Waals surface area contributed by atoms with E-state index >= 15 is 0 Å². The van der Waals surface area contributed by atoms with Gasteiger partial charge in [0.15, 0.2) is 5.65 Å². The number of rotatable bonds is 5. The van der Waals surface area contributed by atoms with Crippen molar-refractivity contribution in [2.45, 2.75) is 26.5 Å². The van der Waals surface area contributed by atoms with Crippen LogP contribution in [0.1, 0.15) is 31.3 Å². The minimum atomic E-state index is -0.854. The fourth-order valence-electron chi connectivity index (χ4n) is 2.50. The summed E-state index contributed by atoms with van der Waals surface area (Å²) in [6, 6.07) is 11.1. The van der Waals surface area contributed by atoms with Gasteiger partial charge in [-0.05, 0) is 11.5 Å². The molecule has 0 radical (unpaired) electrons. The highest BCUT2D eigenvalue weighted by Gasteiger charge is 2.22. The van der Waals surface area contributed by atoms with E-state index < -0.39 is 6.10 Å². The molecule has 3 aromatic rings. The molecule has 0 amide bonds. The molecule has 0 saturated carbocycles. The molecule has 1 unspecified atom stereocenters. The van der Waals surface area contributed by atoms with E-state index in [9.17, 15) is 9.90 Å². The molecule has 1 N–H and O–H groups in total. The van der Waals surface area contributed by atoms with Gasteiger partial charge in [-0.15, -0.1) is 5.10 Å². The largest absolute Gasteiger partial charge is 0.480 e. The molecule has 3 rings (SSSR count). The van der Waals surface area contributed by atoms with Gasteiger partial charge in [0.25, 0.3) is 0 Å². The molecule has 0 aliphatic heterocycles. The van der Waals surface area contributed by atoms with E-state index in [-0.39, 0.29) is 11.6 Å². The molecule has 2 heterocycles. The third-order valence-corrected chi connectivity index (χ3v) is 3.87. The fraction of sp³-hybridized carbons (Fsp3) is 0.353. The lowest BCUT2D eigenvalue weighted by molar-refractivity contribution is 0.112. The number of fused-ring (bicyclic) bond motifs is 1. The number of ether oxygens (including phenoxy) is 1. The molecule has 0 fully saturated rings. The third-order valence-electron chi connectivity index (χ3n) is 3.87. The third kappa shape index (κ3) is 2.90. The summed E-state index contributed by atoms with van der Waals surface area (Å²) in [5.41, 5.74) is 0.940. The van der Waals surface area contributed by atoms with Crippen molar-refractivity contribution in [3.8, 4) is 5.88 Å². The fourth-order valence-corrected chi connectivity index (χ4v) is 2.50. The van der Waals surface area contributed by atoms with Crippen molar-refractivity contribution < 1.29 is 9.84 Å². The monoisotopic (exact) mass is 328 g/mol. The topological polar surface area (TPSA) is 81.6 Å². The molecule has 0 aliphatic rings. The van der Waals surface area contributed by atoms with Crippen LogP contribution in [0.2, 0.25) is 0 Å². The molecule has 0 spiro atoms. The highest BCUT2D eigenvalue weighted by Crippen LogP contribution is 2.20. The van der Waals surface area contributed by atoms with Gasteiger partial charge in [-0.1, -0.05) is 44.2 Å². The highest BCUT2D eigenvalue weighted by atomic mass is 16.5. The second-order valence-electron chi connectivity index (χ2n) is 5.97. The minimum absolute atomic E-state index is 0.0776. The van der Waals surface area contributed by atoms with E-state index in [4.69, 9.17) is 4.74 Å². The van der Waals surface area contributed by atoms with Crippen LogP contribution >= 0.6 is 0 Å². The molecule has 7 heteroatoms. The van der Waals surface area contributed by atoms with E-state index in [1.807, 2.05) is 44.2 Å². The molecule has 126 valence electrons. The van der Waals surface area contributed by atoms with Crippen LogP contribution in [-0.4, -0.2) is 31.4 Å². The Bertz CT molecular complexity index is 899. The average molecular weight is 328 g/mol. The lowest BCUT2D eigenvalue weighted by atomic mass is 10.1. The van der Waals surface area contributed by atoms with Gasteiger partial charge in [-0.25, -0.2) is 9.78 Å². The summed E-state index contributed by atoms with van der Waals surface area (Å²) >= 11 is 0. The van der Waals surface area contributed by atoms with Crippen molar-refractivity contribution in [3.63, 3.8) is 0 Å². The van der Waals surface area contributed by atoms with Gasteiger partial charge in [0.2, 0.25) is 5.88 Å². The number of aliphatic hydroxyl groups is 1. The Morgan fingerprint density at radius 2 is 1.96 bits per heavy atom. The van der Waals surface area contributed by atoms with Crippen LogP contribution in [0.15, 0.2) is 41.2 Å². The second-order valence-corrected chi connectivity index (χ2v) is 5.97. The smallest absolute Gasteiger partial charge is 0.352 e. The summed E-state index contributed by atoms with van der Waals surface area (Å²) in [6.07, 6.45) is -0.854. The van der Waals surface area contributed by atoms with Gasteiger partial charge >= 0.3 is 5.69 Å². The molecule has 7 nitrogen and oxygen atoms in total. The van der Waals surface area contributed by atoms with Crippen molar-refractivity contribution in [1.82, 2.24) is 19.2 Å². The molecule has 24 heavy (non-hydrogen) atoms. The predicted molar refractivity (Wildman–Crippen MR) is 89.1 cm³/mol. The van der Waals surface area contributed by atoms with Crippen LogP contribution in [0.5, 0.6) is 5.88 Å². The Kier molecular flexibility index (Phi) is 4.35. The second kappa shape index (κ2) is 6.45. The van der Waals surface area contributed by atoms with E-state index in [1.165, 1.54) is 16.2 Å². The quantitative estimate of drug-likeness (QED) is 0.770. The number of nitrogens with zero attached hydrogens (tertiary/aromatic N) is 4. The summed E-state index contributed by atoms with van der Waals surface area (Å²) in [4.78, 5) is 17.3. The summed E-state index contributed by atoms with van der Waals surface area (Å²) in [5.74, 6) is 0.558. The average Bonchev–Trinajstić information content (AvgIpc) is 3.01. The van der Waals surface area contributed by atoms with Crippen LogP contribution in [0.25, 0.3) is 5.65 Å². The summed E-state index contributed by atoms with van der Waals surface area (Å²) in [6.45, 7) is 4.07. The van der Waals surface area contributed by atoms with E-state index in [1.54, 1.807) is 6.07 Å². The number of hydrogen-bond donors (Lipinski definition) is 1. The molecule has 0 bridgehead atoms. The maximum absolute atomic E-state index is 12.9. The van der Waals surface area contributed by atoms with Crippen LogP contribution < -0.4 is 10.4 Å². The van der Waals surface area contributed by atoms with Crippen molar-refractivity contribution in [1.29, 1.82) is 0 Å². The first kappa shape index (κ1) is 16.2. The van der Waals surface area contributed by atoms with E-state index in [2.05, 4.69) is 10.1 Å². The molecule has 2 aromatic heterocycles. The summed E-state index contributed by atoms with van der Waals surface area (Å²) in [5, 5.41) is 14.6. The Labute approximate surface area is 139 Å². The maximum Gasteiger partial charge on any atom is 0.352 e. The van der Waals surface area contributed by atoms with E-state index in [0.29, 0.717) is 23.9 Å². The first-order valence-electron chi connectivity index (χ1n) is 7.77. The van der Waals surface area contributed by atoms with Crippen LogP contribution in [0.4, 0.5) is 0 Å². The SMILES string of the molecule is COc1cc2nc(C(O)C(C)C)n(Cc3ccccc3)c(=O)n2n1. The summed E-state index contributed by atoms with van der Waals surface area (Å²) in [7, 11) is 1.48. The zero-order valence-corrected chi connectivity index (χ0v) is 13.9. The Balaban J connectivity index is 2.21. The van der Waals surface area contributed by atoms with E-state index in [0.717, 1.165) is 5.56 Å². The minimum Gasteiger partial charge on any atom is -0.480 e. The van der Waals surface area contributed by atoms with Gasteiger partial charge in [-0.2, -0.15) is 4.52 Å². The molecular formula is C17H20N4O3. The van der Waals surface area contributed by atoms with Crippen LogP contribution in [0, 0.1) is 5.92 Å². The van der Waals surface area contributed by atoms with Gasteiger partial charge in [0, 0.05) is 6.07 Å². The standard InChI is InChI=1S/C17H20N4O3/c1-11(2)15(22)16-18-13-9-14(24-3)19-21(13)17(23)20(16)10-12-7-5-4-6-8-12/h4-9,11,15,22H,10H2,1-3H3. The van der Waals surface area contributed by atoms with Gasteiger partial charge in [-0.3, -0.25) is 4.57 Å². The zero-order valence-electron chi connectivity index (χ0n) is 13.9. The lowest BCUT2D eigenvalue weighted by Gasteiger charge is -2.19. The number of aromatic nitrogens is 4. The number of hydrogen-bond acceptors (Lipinski definition) is 5. The zero-order chi connectivity index (χ0) is 17.3. The van der Waals surface area contributed by atoms with Crippen molar-refractivity contribution in [2.24, 2.45) is 5.92 Å². The molecular weight excluding hydrogens is 308 g/mol. The summed E-state index contributed by atoms with van der Waals surface area (Å²) < 4.78 is 7.73. The molecule has 1 atom stereocenters. The van der Waals surface area contributed by atoms with Gasteiger partial charge in [0.05, 0.1) is 13.7 Å². The predicted octanol–water partition coefficient (Wildman–Crippen LogP) is 1.64. The van der Waals surface area contributed by atoms with Crippen molar-refractivity contribution in [3.05, 3.63) is 58.3 Å². The Morgan fingerprint density at radius 3 is 2.58 bits per heavy atom. The molecule has 1 aromatic carbocycles. The molecule has 0 saturated heterocycles. The molecule has 0 aliphatic carbocycles. The number of aliphatic hydroxyl groups excluding tert-OH is 1. The Morgan fingerprint density at radius 1 is 1.25 bits per heavy atom. The first-order valence-corrected chi connectivity index (χ1v) is 7.77.